The number of anilines is 1. The summed E-state index contributed by atoms with van der Waals surface area (Å²) in [5, 5.41) is 16.0. The van der Waals surface area contributed by atoms with Gasteiger partial charge >= 0.3 is 0 Å². The van der Waals surface area contributed by atoms with Crippen LogP contribution >= 0.6 is 11.3 Å². The molecule has 6 heteroatoms. The summed E-state index contributed by atoms with van der Waals surface area (Å²) in [5.74, 6) is -0.284. The number of nitriles is 1. The summed E-state index contributed by atoms with van der Waals surface area (Å²) in [5.41, 5.74) is 2.00. The Morgan fingerprint density at radius 3 is 3.15 bits per heavy atom. The summed E-state index contributed by atoms with van der Waals surface area (Å²) >= 11 is 1.46. The van der Waals surface area contributed by atoms with E-state index in [1.165, 1.54) is 11.3 Å². The van der Waals surface area contributed by atoms with Crippen LogP contribution in [0.15, 0.2) is 24.4 Å². The zero-order chi connectivity index (χ0) is 13.9. The Morgan fingerprint density at radius 1 is 1.50 bits per heavy atom. The van der Waals surface area contributed by atoms with Gasteiger partial charge in [0.1, 0.15) is 16.8 Å². The lowest BCUT2D eigenvalue weighted by atomic mass is 10.1. The van der Waals surface area contributed by atoms with E-state index in [2.05, 4.69) is 21.7 Å². The van der Waals surface area contributed by atoms with Gasteiger partial charge in [0.15, 0.2) is 0 Å². The number of fused-ring (bicyclic) bond motifs is 1. The first-order valence-electron chi connectivity index (χ1n) is 6.27. The van der Waals surface area contributed by atoms with Crippen LogP contribution < -0.4 is 10.6 Å². The van der Waals surface area contributed by atoms with Gasteiger partial charge in [0.2, 0.25) is 0 Å². The highest BCUT2D eigenvalue weighted by Gasteiger charge is 2.22. The van der Waals surface area contributed by atoms with Crippen LogP contribution in [0.5, 0.6) is 0 Å². The Labute approximate surface area is 120 Å². The van der Waals surface area contributed by atoms with Crippen molar-refractivity contribution in [3.05, 3.63) is 46.1 Å². The van der Waals surface area contributed by atoms with Gasteiger partial charge in [-0.25, -0.2) is 0 Å². The number of hydrogen-bond donors (Lipinski definition) is 2. The van der Waals surface area contributed by atoms with E-state index in [0.29, 0.717) is 16.3 Å². The molecule has 0 aromatic carbocycles. The molecular weight excluding hydrogens is 272 g/mol. The number of aromatic nitrogens is 1. The zero-order valence-corrected chi connectivity index (χ0v) is 11.5. The van der Waals surface area contributed by atoms with E-state index in [1.54, 1.807) is 24.4 Å². The highest BCUT2D eigenvalue weighted by atomic mass is 32.1. The van der Waals surface area contributed by atoms with E-state index in [4.69, 9.17) is 0 Å². The van der Waals surface area contributed by atoms with Gasteiger partial charge in [0.25, 0.3) is 5.91 Å². The average Bonchev–Trinajstić information content (AvgIpc) is 2.85. The fourth-order valence-corrected chi connectivity index (χ4v) is 3.37. The Balaban J connectivity index is 1.90. The molecule has 1 aliphatic rings. The second-order valence-electron chi connectivity index (χ2n) is 4.42. The van der Waals surface area contributed by atoms with Crippen LogP contribution in [0, 0.1) is 11.3 Å². The number of hydrogen-bond acceptors (Lipinski definition) is 5. The predicted molar refractivity (Wildman–Crippen MR) is 76.6 cm³/mol. The largest absolute Gasteiger partial charge is 0.312 e. The van der Waals surface area contributed by atoms with E-state index >= 15 is 0 Å². The molecule has 1 amide bonds. The Kier molecular flexibility index (Phi) is 3.46. The number of pyridine rings is 1. The lowest BCUT2D eigenvalue weighted by molar-refractivity contribution is 0.102. The summed E-state index contributed by atoms with van der Waals surface area (Å²) in [4.78, 5) is 17.2. The first-order valence-corrected chi connectivity index (χ1v) is 7.09. The van der Waals surface area contributed by atoms with Gasteiger partial charge in [-0.15, -0.1) is 11.3 Å². The van der Waals surface area contributed by atoms with Crippen molar-refractivity contribution in [2.24, 2.45) is 0 Å². The number of nitrogens with zero attached hydrogens (tertiary/aromatic N) is 2. The third-order valence-electron chi connectivity index (χ3n) is 3.16. The molecule has 3 rings (SSSR count). The average molecular weight is 284 g/mol. The molecule has 0 spiro atoms. The minimum atomic E-state index is -0.284. The molecule has 2 N–H and O–H groups in total. The molecule has 0 bridgehead atoms. The number of amides is 1. The van der Waals surface area contributed by atoms with Crippen molar-refractivity contribution in [1.29, 1.82) is 5.26 Å². The quantitative estimate of drug-likeness (QED) is 0.883. The summed E-state index contributed by atoms with van der Waals surface area (Å²) < 4.78 is 0. The lowest BCUT2D eigenvalue weighted by Crippen LogP contribution is -2.22. The fraction of sp³-hybridized carbons (Fsp3) is 0.214. The number of carbonyl (C=O) groups is 1. The summed E-state index contributed by atoms with van der Waals surface area (Å²) in [6, 6.07) is 7.37. The van der Waals surface area contributed by atoms with Crippen LogP contribution in [0.2, 0.25) is 0 Å². The molecule has 3 heterocycles. The van der Waals surface area contributed by atoms with Crippen molar-refractivity contribution < 1.29 is 4.79 Å². The van der Waals surface area contributed by atoms with Crippen molar-refractivity contribution in [3.8, 4) is 6.07 Å². The molecule has 0 radical (unpaired) electrons. The SMILES string of the molecule is N#Cc1c(NC(=O)c2ccccn2)sc2c1CCNC2. The van der Waals surface area contributed by atoms with Gasteiger partial charge in [0.05, 0.1) is 5.56 Å². The summed E-state index contributed by atoms with van der Waals surface area (Å²) in [7, 11) is 0. The van der Waals surface area contributed by atoms with Crippen LogP contribution in [0.1, 0.15) is 26.5 Å². The van der Waals surface area contributed by atoms with Crippen molar-refractivity contribution in [2.75, 3.05) is 11.9 Å². The third kappa shape index (κ3) is 2.29. The van der Waals surface area contributed by atoms with Gasteiger partial charge < -0.3 is 10.6 Å². The molecule has 0 saturated carbocycles. The third-order valence-corrected chi connectivity index (χ3v) is 4.31. The molecule has 2 aromatic heterocycles. The summed E-state index contributed by atoms with van der Waals surface area (Å²) in [6.45, 7) is 1.63. The molecule has 0 aliphatic carbocycles. The van der Waals surface area contributed by atoms with Gasteiger partial charge in [-0.1, -0.05) is 6.07 Å². The van der Waals surface area contributed by atoms with Crippen molar-refractivity contribution >= 4 is 22.2 Å². The minimum absolute atomic E-state index is 0.284. The maximum atomic E-state index is 12.1. The predicted octanol–water partition coefficient (Wildman–Crippen LogP) is 1.91. The summed E-state index contributed by atoms with van der Waals surface area (Å²) in [6.07, 6.45) is 2.40. The monoisotopic (exact) mass is 284 g/mol. The molecule has 0 fully saturated rings. The lowest BCUT2D eigenvalue weighted by Gasteiger charge is -2.11. The van der Waals surface area contributed by atoms with E-state index < -0.39 is 0 Å². The first kappa shape index (κ1) is 12.8. The molecule has 100 valence electrons. The fourth-order valence-electron chi connectivity index (χ4n) is 2.21. The van der Waals surface area contributed by atoms with E-state index in [1.807, 2.05) is 0 Å². The molecule has 20 heavy (non-hydrogen) atoms. The number of carbonyl (C=O) groups excluding carboxylic acids is 1. The van der Waals surface area contributed by atoms with E-state index in [9.17, 15) is 10.1 Å². The maximum absolute atomic E-state index is 12.1. The minimum Gasteiger partial charge on any atom is -0.312 e. The molecule has 0 atom stereocenters. The van der Waals surface area contributed by atoms with Gasteiger partial charge in [-0.05, 0) is 30.7 Å². The van der Waals surface area contributed by atoms with Gasteiger partial charge in [-0.3, -0.25) is 9.78 Å². The van der Waals surface area contributed by atoms with Crippen LogP contribution in [0.25, 0.3) is 0 Å². The Morgan fingerprint density at radius 2 is 2.40 bits per heavy atom. The standard InChI is InChI=1S/C14H12N4OS/c15-7-10-9-4-6-16-8-12(9)20-14(10)18-13(19)11-3-1-2-5-17-11/h1-3,5,16H,4,6,8H2,(H,18,19). The smallest absolute Gasteiger partial charge is 0.274 e. The maximum Gasteiger partial charge on any atom is 0.274 e. The molecule has 5 nitrogen and oxygen atoms in total. The van der Waals surface area contributed by atoms with Gasteiger partial charge in [0, 0.05) is 17.6 Å². The number of nitrogens with one attached hydrogen (secondary N) is 2. The highest BCUT2D eigenvalue weighted by Crippen LogP contribution is 2.34. The van der Waals surface area contributed by atoms with Crippen molar-refractivity contribution in [2.45, 2.75) is 13.0 Å². The first-order chi connectivity index (χ1) is 9.79. The second-order valence-corrected chi connectivity index (χ2v) is 5.52. The number of rotatable bonds is 2. The topological polar surface area (TPSA) is 77.8 Å². The van der Waals surface area contributed by atoms with E-state index in [-0.39, 0.29) is 5.91 Å². The highest BCUT2D eigenvalue weighted by molar-refractivity contribution is 7.16. The normalized spacial score (nSPS) is 13.3. The molecule has 1 aliphatic heterocycles. The van der Waals surface area contributed by atoms with Gasteiger partial charge in [-0.2, -0.15) is 5.26 Å². The van der Waals surface area contributed by atoms with Crippen LogP contribution in [-0.2, 0) is 13.0 Å². The molecule has 0 saturated heterocycles. The molecule has 0 unspecified atom stereocenters. The van der Waals surface area contributed by atoms with Crippen molar-refractivity contribution in [1.82, 2.24) is 10.3 Å². The Bertz CT molecular complexity index is 687. The Hall–Kier alpha value is -2.23. The molecular formula is C14H12N4OS. The molecule has 2 aromatic rings. The van der Waals surface area contributed by atoms with Crippen LogP contribution in [-0.4, -0.2) is 17.4 Å². The number of thiophene rings is 1. The van der Waals surface area contributed by atoms with E-state index in [0.717, 1.165) is 30.0 Å². The van der Waals surface area contributed by atoms with Crippen LogP contribution in [0.4, 0.5) is 5.00 Å². The van der Waals surface area contributed by atoms with Crippen molar-refractivity contribution in [3.63, 3.8) is 0 Å². The zero-order valence-electron chi connectivity index (χ0n) is 10.6. The van der Waals surface area contributed by atoms with Crippen LogP contribution in [0.3, 0.4) is 0 Å². The second kappa shape index (κ2) is 5.41.